The molecule has 1 fully saturated rings. The quantitative estimate of drug-likeness (QED) is 0.837. The van der Waals surface area contributed by atoms with Gasteiger partial charge >= 0.3 is 0 Å². The third-order valence-corrected chi connectivity index (χ3v) is 4.27. The Morgan fingerprint density at radius 1 is 1.29 bits per heavy atom. The Hall–Kier alpha value is -0.530. The van der Waals surface area contributed by atoms with E-state index in [-0.39, 0.29) is 0 Å². The second-order valence-corrected chi connectivity index (χ2v) is 5.52. The third kappa shape index (κ3) is 3.72. The van der Waals surface area contributed by atoms with Crippen molar-refractivity contribution in [1.82, 2.24) is 5.32 Å². The number of nitrogens with one attached hydrogen (secondary N) is 1. The monoisotopic (exact) mass is 251 g/mol. The Balaban J connectivity index is 1.84. The van der Waals surface area contributed by atoms with Crippen LogP contribution in [0.5, 0.6) is 0 Å². The van der Waals surface area contributed by atoms with Crippen LogP contribution in [0.2, 0.25) is 5.02 Å². The number of rotatable bonds is 4. The fourth-order valence-electron chi connectivity index (χ4n) is 2.74. The van der Waals surface area contributed by atoms with Gasteiger partial charge in [-0.2, -0.15) is 0 Å². The largest absolute Gasteiger partial charge is 0.310 e. The average molecular weight is 252 g/mol. The standard InChI is InChI=1S/C15H22ClN/c1-2-12-6-5-8-14(10-12)17-11-13-7-3-4-9-15(13)16/h3-4,7,9,12,14,17H,2,5-6,8,10-11H2,1H3. The van der Waals surface area contributed by atoms with E-state index in [4.69, 9.17) is 11.6 Å². The topological polar surface area (TPSA) is 12.0 Å². The molecule has 1 aliphatic carbocycles. The van der Waals surface area contributed by atoms with E-state index in [1.165, 1.54) is 37.7 Å². The van der Waals surface area contributed by atoms with E-state index in [1.54, 1.807) is 0 Å². The molecule has 0 aromatic heterocycles. The summed E-state index contributed by atoms with van der Waals surface area (Å²) in [6.45, 7) is 3.21. The number of hydrogen-bond acceptors (Lipinski definition) is 1. The van der Waals surface area contributed by atoms with E-state index in [1.807, 2.05) is 12.1 Å². The van der Waals surface area contributed by atoms with Gasteiger partial charge in [0, 0.05) is 17.6 Å². The molecule has 0 spiro atoms. The SMILES string of the molecule is CCC1CCCC(NCc2ccccc2Cl)C1. The van der Waals surface area contributed by atoms with Crippen LogP contribution < -0.4 is 5.32 Å². The Kier molecular flexibility index (Phi) is 4.87. The number of hydrogen-bond donors (Lipinski definition) is 1. The van der Waals surface area contributed by atoms with Gasteiger partial charge in [-0.25, -0.2) is 0 Å². The average Bonchev–Trinajstić information content (AvgIpc) is 2.38. The molecule has 1 saturated carbocycles. The molecule has 0 heterocycles. The first kappa shape index (κ1) is 12.9. The van der Waals surface area contributed by atoms with Crippen molar-refractivity contribution < 1.29 is 0 Å². The lowest BCUT2D eigenvalue weighted by atomic mass is 9.84. The Morgan fingerprint density at radius 3 is 2.88 bits per heavy atom. The lowest BCUT2D eigenvalue weighted by Gasteiger charge is -2.29. The van der Waals surface area contributed by atoms with Crippen molar-refractivity contribution in [3.05, 3.63) is 34.9 Å². The van der Waals surface area contributed by atoms with Gasteiger partial charge in [0.25, 0.3) is 0 Å². The van der Waals surface area contributed by atoms with Gasteiger partial charge in [-0.05, 0) is 30.4 Å². The fraction of sp³-hybridized carbons (Fsp3) is 0.600. The van der Waals surface area contributed by atoms with Crippen molar-refractivity contribution in [2.45, 2.75) is 51.6 Å². The summed E-state index contributed by atoms with van der Waals surface area (Å²) in [5.41, 5.74) is 1.22. The summed E-state index contributed by atoms with van der Waals surface area (Å²) in [6, 6.07) is 8.80. The van der Waals surface area contributed by atoms with E-state index in [2.05, 4.69) is 24.4 Å². The van der Waals surface area contributed by atoms with Gasteiger partial charge in [-0.15, -0.1) is 0 Å². The van der Waals surface area contributed by atoms with E-state index >= 15 is 0 Å². The van der Waals surface area contributed by atoms with E-state index in [9.17, 15) is 0 Å². The van der Waals surface area contributed by atoms with Crippen molar-refractivity contribution >= 4 is 11.6 Å². The molecule has 0 bridgehead atoms. The zero-order valence-electron chi connectivity index (χ0n) is 10.6. The van der Waals surface area contributed by atoms with Crippen molar-refractivity contribution in [3.63, 3.8) is 0 Å². The maximum atomic E-state index is 6.16. The fourth-order valence-corrected chi connectivity index (χ4v) is 2.95. The van der Waals surface area contributed by atoms with Gasteiger partial charge in [0.1, 0.15) is 0 Å². The van der Waals surface area contributed by atoms with Crippen LogP contribution in [0, 0.1) is 5.92 Å². The summed E-state index contributed by atoms with van der Waals surface area (Å²) in [5.74, 6) is 0.924. The molecule has 2 unspecified atom stereocenters. The summed E-state index contributed by atoms with van der Waals surface area (Å²) in [5, 5.41) is 4.54. The molecule has 2 atom stereocenters. The minimum Gasteiger partial charge on any atom is -0.310 e. The van der Waals surface area contributed by atoms with Gasteiger partial charge in [-0.3, -0.25) is 0 Å². The molecule has 1 aromatic rings. The van der Waals surface area contributed by atoms with Crippen molar-refractivity contribution in [1.29, 1.82) is 0 Å². The lowest BCUT2D eigenvalue weighted by molar-refractivity contribution is 0.278. The molecule has 94 valence electrons. The first-order valence-corrected chi connectivity index (χ1v) is 7.14. The molecule has 0 radical (unpaired) electrons. The molecular weight excluding hydrogens is 230 g/mol. The molecule has 1 aromatic carbocycles. The summed E-state index contributed by atoms with van der Waals surface area (Å²) in [6.07, 6.45) is 6.77. The molecule has 2 heteroatoms. The van der Waals surface area contributed by atoms with Gasteiger partial charge in [0.15, 0.2) is 0 Å². The predicted molar refractivity (Wildman–Crippen MR) is 74.3 cm³/mol. The maximum Gasteiger partial charge on any atom is 0.0450 e. The molecule has 2 rings (SSSR count). The Morgan fingerprint density at radius 2 is 2.12 bits per heavy atom. The second-order valence-electron chi connectivity index (χ2n) is 5.11. The molecule has 0 amide bonds. The van der Waals surface area contributed by atoms with Crippen LogP contribution in [0.15, 0.2) is 24.3 Å². The summed E-state index contributed by atoms with van der Waals surface area (Å²) >= 11 is 6.16. The molecule has 17 heavy (non-hydrogen) atoms. The maximum absolute atomic E-state index is 6.16. The minimum atomic E-state index is 0.685. The molecule has 0 saturated heterocycles. The van der Waals surface area contributed by atoms with E-state index in [0.29, 0.717) is 6.04 Å². The summed E-state index contributed by atoms with van der Waals surface area (Å²) in [7, 11) is 0. The molecular formula is C15H22ClN. The highest BCUT2D eigenvalue weighted by Crippen LogP contribution is 2.27. The summed E-state index contributed by atoms with van der Waals surface area (Å²) < 4.78 is 0. The third-order valence-electron chi connectivity index (χ3n) is 3.90. The zero-order valence-corrected chi connectivity index (χ0v) is 11.3. The van der Waals surface area contributed by atoms with Crippen molar-refractivity contribution in [3.8, 4) is 0 Å². The van der Waals surface area contributed by atoms with Gasteiger partial charge in [0.2, 0.25) is 0 Å². The highest BCUT2D eigenvalue weighted by molar-refractivity contribution is 6.31. The zero-order chi connectivity index (χ0) is 12.1. The van der Waals surface area contributed by atoms with Crippen LogP contribution in [0.1, 0.15) is 44.6 Å². The second kappa shape index (κ2) is 6.42. The molecule has 1 aliphatic rings. The van der Waals surface area contributed by atoms with Gasteiger partial charge in [0.05, 0.1) is 0 Å². The normalized spacial score (nSPS) is 24.8. The number of halogens is 1. The Bertz CT molecular complexity index is 351. The lowest BCUT2D eigenvalue weighted by Crippen LogP contribution is -2.33. The highest BCUT2D eigenvalue weighted by atomic mass is 35.5. The van der Waals surface area contributed by atoms with Crippen LogP contribution >= 0.6 is 11.6 Å². The van der Waals surface area contributed by atoms with Crippen molar-refractivity contribution in [2.75, 3.05) is 0 Å². The Labute approximate surface area is 110 Å². The van der Waals surface area contributed by atoms with Gasteiger partial charge < -0.3 is 5.32 Å². The predicted octanol–water partition coefficient (Wildman–Crippen LogP) is 4.40. The van der Waals surface area contributed by atoms with E-state index in [0.717, 1.165) is 17.5 Å². The molecule has 1 N–H and O–H groups in total. The van der Waals surface area contributed by atoms with Gasteiger partial charge in [-0.1, -0.05) is 56.0 Å². The van der Waals surface area contributed by atoms with E-state index < -0.39 is 0 Å². The molecule has 0 aliphatic heterocycles. The van der Waals surface area contributed by atoms with Crippen LogP contribution in [0.4, 0.5) is 0 Å². The summed E-state index contributed by atoms with van der Waals surface area (Å²) in [4.78, 5) is 0. The first-order valence-electron chi connectivity index (χ1n) is 6.76. The van der Waals surface area contributed by atoms with Crippen LogP contribution in [-0.4, -0.2) is 6.04 Å². The highest BCUT2D eigenvalue weighted by Gasteiger charge is 2.20. The van der Waals surface area contributed by atoms with Crippen LogP contribution in [0.3, 0.4) is 0 Å². The van der Waals surface area contributed by atoms with Crippen LogP contribution in [-0.2, 0) is 6.54 Å². The smallest absolute Gasteiger partial charge is 0.0450 e. The van der Waals surface area contributed by atoms with Crippen molar-refractivity contribution in [2.24, 2.45) is 5.92 Å². The molecule has 1 nitrogen and oxygen atoms in total. The first-order chi connectivity index (χ1) is 8.29. The minimum absolute atomic E-state index is 0.685. The van der Waals surface area contributed by atoms with Crippen LogP contribution in [0.25, 0.3) is 0 Å². The number of benzene rings is 1.